The summed E-state index contributed by atoms with van der Waals surface area (Å²) in [5.41, 5.74) is 7.53. The molecule has 0 aliphatic heterocycles. The molecule has 1 aromatic carbocycles. The first kappa shape index (κ1) is 13.9. The van der Waals surface area contributed by atoms with Gasteiger partial charge < -0.3 is 10.5 Å². The predicted octanol–water partition coefficient (Wildman–Crippen LogP) is 4.43. The summed E-state index contributed by atoms with van der Waals surface area (Å²) in [5.74, 6) is 1.68. The Kier molecular flexibility index (Phi) is 5.07. The van der Waals surface area contributed by atoms with Crippen LogP contribution in [0.5, 0.6) is 5.75 Å². The number of methoxy groups -OCH3 is 1. The molecule has 100 valence electrons. The van der Waals surface area contributed by atoms with Crippen molar-refractivity contribution in [2.75, 3.05) is 7.11 Å². The van der Waals surface area contributed by atoms with Crippen LogP contribution < -0.4 is 10.5 Å². The lowest BCUT2D eigenvalue weighted by Gasteiger charge is -2.25. The van der Waals surface area contributed by atoms with Crippen molar-refractivity contribution < 1.29 is 4.74 Å². The van der Waals surface area contributed by atoms with E-state index in [0.29, 0.717) is 0 Å². The first-order chi connectivity index (χ1) is 8.70. The molecule has 1 saturated carbocycles. The summed E-state index contributed by atoms with van der Waals surface area (Å²) in [7, 11) is 1.68. The van der Waals surface area contributed by atoms with Crippen molar-refractivity contribution in [3.8, 4) is 5.75 Å². The number of ether oxygens (including phenoxy) is 1. The standard InChI is InChI=1S/C15H22BrNO/c1-18-15-8-7-12(10-13(15)16)14(17)9-11-5-3-2-4-6-11/h7-8,10-11,14H,2-6,9,17H2,1H3. The highest BCUT2D eigenvalue weighted by molar-refractivity contribution is 9.10. The van der Waals surface area contributed by atoms with E-state index in [2.05, 4.69) is 28.1 Å². The number of hydrogen-bond acceptors (Lipinski definition) is 2. The minimum atomic E-state index is 0.148. The number of benzene rings is 1. The summed E-state index contributed by atoms with van der Waals surface area (Å²) in [6, 6.07) is 6.30. The van der Waals surface area contributed by atoms with Gasteiger partial charge in [-0.05, 0) is 46.0 Å². The second kappa shape index (κ2) is 6.58. The fourth-order valence-corrected chi connectivity index (χ4v) is 3.39. The third kappa shape index (κ3) is 3.48. The van der Waals surface area contributed by atoms with E-state index >= 15 is 0 Å². The molecule has 0 spiro atoms. The molecule has 2 nitrogen and oxygen atoms in total. The van der Waals surface area contributed by atoms with E-state index in [1.807, 2.05) is 6.07 Å². The Hall–Kier alpha value is -0.540. The highest BCUT2D eigenvalue weighted by atomic mass is 79.9. The molecule has 1 aliphatic rings. The predicted molar refractivity (Wildman–Crippen MR) is 78.8 cm³/mol. The molecule has 2 rings (SSSR count). The Morgan fingerprint density at radius 3 is 2.67 bits per heavy atom. The molecule has 0 aromatic heterocycles. The van der Waals surface area contributed by atoms with Crippen molar-refractivity contribution in [1.82, 2.24) is 0 Å². The van der Waals surface area contributed by atoms with E-state index in [1.165, 1.54) is 37.7 Å². The highest BCUT2D eigenvalue weighted by Crippen LogP contribution is 2.33. The number of nitrogens with two attached hydrogens (primary N) is 1. The number of halogens is 1. The van der Waals surface area contributed by atoms with Gasteiger partial charge in [0.25, 0.3) is 0 Å². The van der Waals surface area contributed by atoms with Gasteiger partial charge in [-0.25, -0.2) is 0 Å². The van der Waals surface area contributed by atoms with Crippen molar-refractivity contribution in [3.63, 3.8) is 0 Å². The van der Waals surface area contributed by atoms with Gasteiger partial charge in [-0.15, -0.1) is 0 Å². The maximum absolute atomic E-state index is 6.32. The largest absolute Gasteiger partial charge is 0.496 e. The second-order valence-corrected chi connectivity index (χ2v) is 6.09. The molecule has 0 amide bonds. The maximum Gasteiger partial charge on any atom is 0.133 e. The molecule has 1 atom stereocenters. The molecule has 3 heteroatoms. The van der Waals surface area contributed by atoms with Crippen LogP contribution in [-0.2, 0) is 0 Å². The molecule has 1 aliphatic carbocycles. The van der Waals surface area contributed by atoms with Crippen LogP contribution in [0, 0.1) is 5.92 Å². The van der Waals surface area contributed by atoms with Crippen LogP contribution in [0.1, 0.15) is 50.1 Å². The molecule has 1 fully saturated rings. The lowest BCUT2D eigenvalue weighted by molar-refractivity contribution is 0.319. The minimum absolute atomic E-state index is 0.148. The average Bonchev–Trinajstić information content (AvgIpc) is 2.39. The molecule has 1 aromatic rings. The molecule has 2 N–H and O–H groups in total. The second-order valence-electron chi connectivity index (χ2n) is 5.24. The van der Waals surface area contributed by atoms with E-state index in [0.717, 1.165) is 22.6 Å². The molecule has 18 heavy (non-hydrogen) atoms. The van der Waals surface area contributed by atoms with Gasteiger partial charge in [0.2, 0.25) is 0 Å². The van der Waals surface area contributed by atoms with Gasteiger partial charge in [-0.2, -0.15) is 0 Å². The highest BCUT2D eigenvalue weighted by Gasteiger charge is 2.18. The van der Waals surface area contributed by atoms with E-state index in [9.17, 15) is 0 Å². The zero-order valence-electron chi connectivity index (χ0n) is 11.0. The van der Waals surface area contributed by atoms with Crippen LogP contribution in [-0.4, -0.2) is 7.11 Å². The van der Waals surface area contributed by atoms with Crippen molar-refractivity contribution in [3.05, 3.63) is 28.2 Å². The fourth-order valence-electron chi connectivity index (χ4n) is 2.83. The first-order valence-corrected chi connectivity index (χ1v) is 7.59. The molecule has 1 unspecified atom stereocenters. The molecular formula is C15H22BrNO. The van der Waals surface area contributed by atoms with Gasteiger partial charge in [-0.1, -0.05) is 38.2 Å². The maximum atomic E-state index is 6.32. The minimum Gasteiger partial charge on any atom is -0.496 e. The zero-order chi connectivity index (χ0) is 13.0. The number of rotatable bonds is 4. The summed E-state index contributed by atoms with van der Waals surface area (Å²) in [5, 5.41) is 0. The Morgan fingerprint density at radius 2 is 2.06 bits per heavy atom. The van der Waals surface area contributed by atoms with Crippen LogP contribution in [0.3, 0.4) is 0 Å². The summed E-state index contributed by atoms with van der Waals surface area (Å²) >= 11 is 3.52. The van der Waals surface area contributed by atoms with Gasteiger partial charge in [0.1, 0.15) is 5.75 Å². The van der Waals surface area contributed by atoms with Crippen molar-refractivity contribution in [2.24, 2.45) is 11.7 Å². The van der Waals surface area contributed by atoms with Crippen molar-refractivity contribution in [2.45, 2.75) is 44.6 Å². The molecule has 0 bridgehead atoms. The SMILES string of the molecule is COc1ccc(C(N)CC2CCCCC2)cc1Br. The van der Waals surface area contributed by atoms with E-state index in [1.54, 1.807) is 7.11 Å². The van der Waals surface area contributed by atoms with Crippen molar-refractivity contribution in [1.29, 1.82) is 0 Å². The van der Waals surface area contributed by atoms with Crippen LogP contribution in [0.25, 0.3) is 0 Å². The monoisotopic (exact) mass is 311 g/mol. The first-order valence-electron chi connectivity index (χ1n) is 6.79. The Balaban J connectivity index is 1.99. The molecule has 0 heterocycles. The van der Waals surface area contributed by atoms with Crippen LogP contribution in [0.2, 0.25) is 0 Å². The van der Waals surface area contributed by atoms with Crippen LogP contribution in [0.15, 0.2) is 22.7 Å². The van der Waals surface area contributed by atoms with Crippen LogP contribution >= 0.6 is 15.9 Å². The summed E-state index contributed by atoms with van der Waals surface area (Å²) in [6.45, 7) is 0. The Bertz CT molecular complexity index is 388. The van der Waals surface area contributed by atoms with E-state index in [4.69, 9.17) is 10.5 Å². The molecule has 0 saturated heterocycles. The summed E-state index contributed by atoms with van der Waals surface area (Å²) < 4.78 is 6.23. The van der Waals surface area contributed by atoms with Crippen molar-refractivity contribution >= 4 is 15.9 Å². The van der Waals surface area contributed by atoms with E-state index < -0.39 is 0 Å². The van der Waals surface area contributed by atoms with Gasteiger partial charge in [-0.3, -0.25) is 0 Å². The molecular weight excluding hydrogens is 290 g/mol. The lowest BCUT2D eigenvalue weighted by Crippen LogP contribution is -2.17. The quantitative estimate of drug-likeness (QED) is 0.893. The average molecular weight is 312 g/mol. The fraction of sp³-hybridized carbons (Fsp3) is 0.600. The lowest BCUT2D eigenvalue weighted by atomic mass is 9.83. The number of hydrogen-bond donors (Lipinski definition) is 1. The molecule has 0 radical (unpaired) electrons. The topological polar surface area (TPSA) is 35.2 Å². The van der Waals surface area contributed by atoms with Crippen LogP contribution in [0.4, 0.5) is 0 Å². The summed E-state index contributed by atoms with van der Waals surface area (Å²) in [4.78, 5) is 0. The van der Waals surface area contributed by atoms with E-state index in [-0.39, 0.29) is 6.04 Å². The van der Waals surface area contributed by atoms with Gasteiger partial charge in [0.15, 0.2) is 0 Å². The smallest absolute Gasteiger partial charge is 0.133 e. The Morgan fingerprint density at radius 1 is 1.33 bits per heavy atom. The van der Waals surface area contributed by atoms with Gasteiger partial charge in [0, 0.05) is 6.04 Å². The summed E-state index contributed by atoms with van der Waals surface area (Å²) in [6.07, 6.45) is 7.97. The van der Waals surface area contributed by atoms with Gasteiger partial charge >= 0.3 is 0 Å². The van der Waals surface area contributed by atoms with Gasteiger partial charge in [0.05, 0.1) is 11.6 Å². The third-order valence-corrected chi connectivity index (χ3v) is 4.54. The Labute approximate surface area is 118 Å². The normalized spacial score (nSPS) is 18.6. The third-order valence-electron chi connectivity index (χ3n) is 3.92. The zero-order valence-corrected chi connectivity index (χ0v) is 12.6.